The third-order valence-electron chi connectivity index (χ3n) is 2.48. The molecule has 18 heavy (non-hydrogen) atoms. The van der Waals surface area contributed by atoms with Gasteiger partial charge in [0.2, 0.25) is 11.2 Å². The summed E-state index contributed by atoms with van der Waals surface area (Å²) in [6.45, 7) is 0. The molecule has 8 heteroatoms. The zero-order valence-electron chi connectivity index (χ0n) is 8.97. The molecule has 0 aliphatic rings. The molecule has 0 fully saturated rings. The Labute approximate surface area is 119 Å². The lowest BCUT2D eigenvalue weighted by atomic mass is 10.2. The van der Waals surface area contributed by atoms with Crippen LogP contribution in [0.3, 0.4) is 0 Å². The van der Waals surface area contributed by atoms with Gasteiger partial charge in [-0.1, -0.05) is 31.9 Å². The molecule has 0 aliphatic carbocycles. The Hall–Kier alpha value is -1.28. The standard InChI is InChI=1S/C10H7Br2N3O3/c11-4-8-10(5-12)14(16)9-3-6(15(17)18)1-2-7(9)13-8/h1-3H,4-5H2. The van der Waals surface area contributed by atoms with Crippen LogP contribution in [0.1, 0.15) is 11.4 Å². The van der Waals surface area contributed by atoms with Gasteiger partial charge in [-0.15, -0.1) is 0 Å². The maximum Gasteiger partial charge on any atom is 0.276 e. The molecule has 0 saturated carbocycles. The second-order valence-electron chi connectivity index (χ2n) is 3.50. The first-order chi connectivity index (χ1) is 8.58. The summed E-state index contributed by atoms with van der Waals surface area (Å²) in [5.41, 5.74) is 1.57. The minimum atomic E-state index is -0.536. The van der Waals surface area contributed by atoms with E-state index in [-0.39, 0.29) is 11.2 Å². The molecule has 0 bridgehead atoms. The fourth-order valence-corrected chi connectivity index (χ4v) is 2.59. The van der Waals surface area contributed by atoms with Crippen LogP contribution >= 0.6 is 31.9 Å². The van der Waals surface area contributed by atoms with E-state index in [1.807, 2.05) is 0 Å². The highest BCUT2D eigenvalue weighted by Gasteiger charge is 2.19. The maximum atomic E-state index is 12.1. The minimum absolute atomic E-state index is 0.124. The largest absolute Gasteiger partial charge is 0.618 e. The molecular weight excluding hydrogens is 370 g/mol. The SMILES string of the molecule is O=[N+]([O-])c1ccc2nc(CBr)c(CBr)[n+]([O-])c2c1. The third kappa shape index (κ3) is 2.17. The fraction of sp³-hybridized carbons (Fsp3) is 0.200. The molecule has 6 nitrogen and oxygen atoms in total. The Bertz CT molecular complexity index is 633. The van der Waals surface area contributed by atoms with Crippen molar-refractivity contribution in [3.8, 4) is 0 Å². The van der Waals surface area contributed by atoms with Gasteiger partial charge in [0.25, 0.3) is 5.69 Å². The third-order valence-corrected chi connectivity index (χ3v) is 3.54. The van der Waals surface area contributed by atoms with Crippen LogP contribution in [0.4, 0.5) is 5.69 Å². The second kappa shape index (κ2) is 5.15. The average Bonchev–Trinajstić information content (AvgIpc) is 2.37. The molecule has 0 aliphatic heterocycles. The molecule has 0 atom stereocenters. The maximum absolute atomic E-state index is 12.1. The number of fused-ring (bicyclic) bond motifs is 1. The molecule has 0 unspecified atom stereocenters. The van der Waals surface area contributed by atoms with E-state index in [4.69, 9.17) is 0 Å². The predicted molar refractivity (Wildman–Crippen MR) is 72.6 cm³/mol. The molecule has 1 aromatic carbocycles. The Morgan fingerprint density at radius 1 is 1.33 bits per heavy atom. The smallest absolute Gasteiger partial charge is 0.276 e. The molecule has 1 aromatic heterocycles. The number of non-ortho nitro benzene ring substituents is 1. The van der Waals surface area contributed by atoms with Crippen LogP contribution in [0.25, 0.3) is 11.0 Å². The number of alkyl halides is 2. The average molecular weight is 377 g/mol. The highest BCUT2D eigenvalue weighted by molar-refractivity contribution is 9.09. The summed E-state index contributed by atoms with van der Waals surface area (Å²) in [6, 6.07) is 4.05. The van der Waals surface area contributed by atoms with E-state index in [0.29, 0.717) is 32.3 Å². The highest BCUT2D eigenvalue weighted by Crippen LogP contribution is 2.20. The molecule has 2 rings (SSSR count). The Balaban J connectivity index is 2.78. The van der Waals surface area contributed by atoms with Crippen LogP contribution in [-0.2, 0) is 10.7 Å². The van der Waals surface area contributed by atoms with Gasteiger partial charge in [0.1, 0.15) is 11.2 Å². The van der Waals surface area contributed by atoms with Crippen molar-refractivity contribution in [2.24, 2.45) is 0 Å². The fourth-order valence-electron chi connectivity index (χ4n) is 1.59. The van der Waals surface area contributed by atoms with Gasteiger partial charge in [0.05, 0.1) is 21.6 Å². The number of nitro groups is 1. The normalized spacial score (nSPS) is 10.8. The van der Waals surface area contributed by atoms with Gasteiger partial charge < -0.3 is 5.21 Å². The van der Waals surface area contributed by atoms with Gasteiger partial charge in [0.15, 0.2) is 0 Å². The van der Waals surface area contributed by atoms with E-state index < -0.39 is 4.92 Å². The van der Waals surface area contributed by atoms with Crippen LogP contribution in [0.5, 0.6) is 0 Å². The number of rotatable bonds is 3. The van der Waals surface area contributed by atoms with E-state index in [2.05, 4.69) is 36.8 Å². The van der Waals surface area contributed by atoms with Crippen LogP contribution in [0.15, 0.2) is 18.2 Å². The van der Waals surface area contributed by atoms with E-state index >= 15 is 0 Å². The first-order valence-electron chi connectivity index (χ1n) is 4.90. The summed E-state index contributed by atoms with van der Waals surface area (Å²) in [7, 11) is 0. The number of nitro benzene ring substituents is 1. The Morgan fingerprint density at radius 3 is 2.61 bits per heavy atom. The summed E-state index contributed by atoms with van der Waals surface area (Å²) in [6.07, 6.45) is 0. The summed E-state index contributed by atoms with van der Waals surface area (Å²) in [5, 5.41) is 23.6. The van der Waals surface area contributed by atoms with Crippen molar-refractivity contribution in [2.45, 2.75) is 10.7 Å². The number of aromatic nitrogens is 2. The number of halogens is 2. The zero-order valence-corrected chi connectivity index (χ0v) is 12.1. The van der Waals surface area contributed by atoms with Gasteiger partial charge in [-0.25, -0.2) is 4.98 Å². The number of hydrogen-bond acceptors (Lipinski definition) is 4. The van der Waals surface area contributed by atoms with Crippen molar-refractivity contribution < 1.29 is 9.65 Å². The quantitative estimate of drug-likeness (QED) is 0.271. The molecule has 0 amide bonds. The molecule has 94 valence electrons. The van der Waals surface area contributed by atoms with Crippen molar-refractivity contribution >= 4 is 48.6 Å². The molecule has 0 spiro atoms. The lowest BCUT2D eigenvalue weighted by Crippen LogP contribution is -2.34. The van der Waals surface area contributed by atoms with Gasteiger partial charge in [-0.3, -0.25) is 10.1 Å². The zero-order chi connectivity index (χ0) is 13.3. The highest BCUT2D eigenvalue weighted by atomic mass is 79.9. The number of hydrogen-bond donors (Lipinski definition) is 0. The van der Waals surface area contributed by atoms with E-state index in [1.165, 1.54) is 18.2 Å². The second-order valence-corrected chi connectivity index (χ2v) is 4.62. The molecule has 2 aromatic rings. The van der Waals surface area contributed by atoms with Crippen molar-refractivity contribution in [1.29, 1.82) is 0 Å². The molecule has 0 N–H and O–H groups in total. The predicted octanol–water partition coefficient (Wildman–Crippen LogP) is 2.57. The van der Waals surface area contributed by atoms with Crippen molar-refractivity contribution in [3.63, 3.8) is 0 Å². The van der Waals surface area contributed by atoms with Gasteiger partial charge in [0, 0.05) is 6.07 Å². The number of nitrogens with zero attached hydrogens (tertiary/aromatic N) is 3. The topological polar surface area (TPSA) is 83.0 Å². The lowest BCUT2D eigenvalue weighted by Gasteiger charge is -2.08. The molecule has 0 radical (unpaired) electrons. The summed E-state index contributed by atoms with van der Waals surface area (Å²) >= 11 is 6.48. The molecule has 1 heterocycles. The van der Waals surface area contributed by atoms with Crippen molar-refractivity contribution in [2.75, 3.05) is 0 Å². The summed E-state index contributed by atoms with van der Waals surface area (Å²) < 4.78 is 0.681. The van der Waals surface area contributed by atoms with Crippen LogP contribution < -0.4 is 4.73 Å². The molecular formula is C10H7Br2N3O3. The Morgan fingerprint density at radius 2 is 2.06 bits per heavy atom. The van der Waals surface area contributed by atoms with Crippen molar-refractivity contribution in [3.05, 3.63) is 44.9 Å². The number of benzene rings is 1. The van der Waals surface area contributed by atoms with Gasteiger partial charge in [-0.2, -0.15) is 4.73 Å². The van der Waals surface area contributed by atoms with Crippen LogP contribution in [0, 0.1) is 15.3 Å². The monoisotopic (exact) mass is 375 g/mol. The van der Waals surface area contributed by atoms with Gasteiger partial charge >= 0.3 is 0 Å². The molecule has 0 saturated heterocycles. The van der Waals surface area contributed by atoms with Gasteiger partial charge in [-0.05, 0) is 6.07 Å². The van der Waals surface area contributed by atoms with E-state index in [0.717, 1.165) is 0 Å². The van der Waals surface area contributed by atoms with E-state index in [1.54, 1.807) is 0 Å². The van der Waals surface area contributed by atoms with Crippen LogP contribution in [0.2, 0.25) is 0 Å². The summed E-state index contributed by atoms with van der Waals surface area (Å²) in [4.78, 5) is 14.5. The van der Waals surface area contributed by atoms with E-state index in [9.17, 15) is 15.3 Å². The summed E-state index contributed by atoms with van der Waals surface area (Å²) in [5.74, 6) is 0. The van der Waals surface area contributed by atoms with Crippen molar-refractivity contribution in [1.82, 2.24) is 4.98 Å². The van der Waals surface area contributed by atoms with Crippen LogP contribution in [-0.4, -0.2) is 9.91 Å². The Kier molecular flexibility index (Phi) is 3.76. The first kappa shape index (κ1) is 13.2. The minimum Gasteiger partial charge on any atom is -0.618 e. The lowest BCUT2D eigenvalue weighted by molar-refractivity contribution is -0.585. The first-order valence-corrected chi connectivity index (χ1v) is 7.14.